The molecule has 0 saturated carbocycles. The van der Waals surface area contributed by atoms with Gasteiger partial charge in [-0.3, -0.25) is 0 Å². The fourth-order valence-corrected chi connectivity index (χ4v) is 1.27. The highest BCUT2D eigenvalue weighted by atomic mass is 35.5. The van der Waals surface area contributed by atoms with Gasteiger partial charge in [0.15, 0.2) is 0 Å². The van der Waals surface area contributed by atoms with Crippen LogP contribution < -0.4 is 4.74 Å². The van der Waals surface area contributed by atoms with E-state index < -0.39 is 5.82 Å². The summed E-state index contributed by atoms with van der Waals surface area (Å²) in [6.45, 7) is 1.75. The van der Waals surface area contributed by atoms with Crippen LogP contribution in [0, 0.1) is 12.7 Å². The van der Waals surface area contributed by atoms with Crippen LogP contribution in [0.3, 0.4) is 0 Å². The van der Waals surface area contributed by atoms with Crippen molar-refractivity contribution in [1.82, 2.24) is 9.97 Å². The van der Waals surface area contributed by atoms with E-state index in [1.807, 2.05) is 0 Å². The molecular formula is C11H8ClFN2O. The van der Waals surface area contributed by atoms with Crippen LogP contribution in [0.25, 0.3) is 0 Å². The second-order valence-electron chi connectivity index (χ2n) is 3.12. The first-order chi connectivity index (χ1) is 7.65. The van der Waals surface area contributed by atoms with Gasteiger partial charge in [-0.1, -0.05) is 11.6 Å². The average Bonchev–Trinajstić information content (AvgIpc) is 2.24. The molecule has 5 heteroatoms. The summed E-state index contributed by atoms with van der Waals surface area (Å²) in [6, 6.07) is 5.81. The van der Waals surface area contributed by atoms with Gasteiger partial charge in [0.25, 0.3) is 0 Å². The molecule has 3 nitrogen and oxygen atoms in total. The zero-order valence-electron chi connectivity index (χ0n) is 8.45. The number of aromatic nitrogens is 2. The van der Waals surface area contributed by atoms with Crippen LogP contribution in [-0.4, -0.2) is 9.97 Å². The summed E-state index contributed by atoms with van der Waals surface area (Å²) < 4.78 is 18.5. The Morgan fingerprint density at radius 3 is 2.81 bits per heavy atom. The third-order valence-corrected chi connectivity index (χ3v) is 2.17. The number of ether oxygens (including phenoxy) is 1. The molecule has 2 aromatic rings. The molecule has 0 saturated heterocycles. The van der Waals surface area contributed by atoms with Crippen molar-refractivity contribution in [3.8, 4) is 11.6 Å². The molecule has 0 fully saturated rings. The van der Waals surface area contributed by atoms with Crippen molar-refractivity contribution in [2.45, 2.75) is 6.92 Å². The van der Waals surface area contributed by atoms with E-state index >= 15 is 0 Å². The summed E-state index contributed by atoms with van der Waals surface area (Å²) in [6.07, 6.45) is 1.57. The van der Waals surface area contributed by atoms with E-state index in [1.165, 1.54) is 12.1 Å². The summed E-state index contributed by atoms with van der Waals surface area (Å²) in [4.78, 5) is 7.96. The number of hydrogen-bond acceptors (Lipinski definition) is 3. The lowest BCUT2D eigenvalue weighted by atomic mass is 10.3. The van der Waals surface area contributed by atoms with Gasteiger partial charge in [0.05, 0.1) is 5.02 Å². The molecule has 0 aliphatic carbocycles. The third-order valence-electron chi connectivity index (χ3n) is 1.86. The summed E-state index contributed by atoms with van der Waals surface area (Å²) in [7, 11) is 0. The molecule has 0 bridgehead atoms. The number of benzene rings is 1. The zero-order chi connectivity index (χ0) is 11.5. The van der Waals surface area contributed by atoms with Crippen LogP contribution in [0.15, 0.2) is 30.5 Å². The Bertz CT molecular complexity index is 519. The predicted octanol–water partition coefficient (Wildman–Crippen LogP) is 3.37. The topological polar surface area (TPSA) is 35.0 Å². The molecule has 0 amide bonds. The minimum Gasteiger partial charge on any atom is -0.439 e. The van der Waals surface area contributed by atoms with Gasteiger partial charge in [0.2, 0.25) is 5.88 Å². The monoisotopic (exact) mass is 238 g/mol. The van der Waals surface area contributed by atoms with Crippen LogP contribution in [-0.2, 0) is 0 Å². The largest absolute Gasteiger partial charge is 0.439 e. The standard InChI is InChI=1S/C11H8ClFN2O/c1-7-14-5-4-11(15-7)16-8-2-3-9(12)10(13)6-8/h2-6H,1H3. The Kier molecular flexibility index (Phi) is 3.01. The lowest BCUT2D eigenvalue weighted by Crippen LogP contribution is -1.92. The molecule has 0 atom stereocenters. The molecule has 0 aliphatic heterocycles. The van der Waals surface area contributed by atoms with Crippen molar-refractivity contribution in [3.05, 3.63) is 47.1 Å². The number of rotatable bonds is 2. The summed E-state index contributed by atoms with van der Waals surface area (Å²) in [5.74, 6) is 0.783. The number of hydrogen-bond donors (Lipinski definition) is 0. The first-order valence-electron chi connectivity index (χ1n) is 4.58. The van der Waals surface area contributed by atoms with Gasteiger partial charge in [-0.25, -0.2) is 9.37 Å². The second kappa shape index (κ2) is 4.45. The molecule has 2 rings (SSSR count). The van der Waals surface area contributed by atoms with Crippen molar-refractivity contribution in [3.63, 3.8) is 0 Å². The Balaban J connectivity index is 2.24. The lowest BCUT2D eigenvalue weighted by molar-refractivity contribution is 0.455. The second-order valence-corrected chi connectivity index (χ2v) is 3.53. The van der Waals surface area contributed by atoms with E-state index in [-0.39, 0.29) is 5.02 Å². The molecule has 0 radical (unpaired) electrons. The van der Waals surface area contributed by atoms with E-state index in [1.54, 1.807) is 25.3 Å². The average molecular weight is 239 g/mol. The van der Waals surface area contributed by atoms with Crippen LogP contribution in [0.2, 0.25) is 5.02 Å². The molecule has 0 spiro atoms. The quantitative estimate of drug-likeness (QED) is 0.805. The molecule has 16 heavy (non-hydrogen) atoms. The SMILES string of the molecule is Cc1nccc(Oc2ccc(Cl)c(F)c2)n1. The first-order valence-corrected chi connectivity index (χ1v) is 4.95. The number of halogens is 2. The minimum absolute atomic E-state index is 0.0613. The lowest BCUT2D eigenvalue weighted by Gasteiger charge is -2.05. The van der Waals surface area contributed by atoms with Gasteiger partial charge < -0.3 is 4.74 Å². The first kappa shape index (κ1) is 10.8. The van der Waals surface area contributed by atoms with Crippen molar-refractivity contribution in [2.75, 3.05) is 0 Å². The Morgan fingerprint density at radius 1 is 1.31 bits per heavy atom. The van der Waals surface area contributed by atoms with E-state index in [9.17, 15) is 4.39 Å². The van der Waals surface area contributed by atoms with Gasteiger partial charge in [0.1, 0.15) is 17.4 Å². The van der Waals surface area contributed by atoms with E-state index in [4.69, 9.17) is 16.3 Å². The van der Waals surface area contributed by atoms with Gasteiger partial charge in [0, 0.05) is 18.3 Å². The maximum atomic E-state index is 13.1. The molecule has 0 N–H and O–H groups in total. The van der Waals surface area contributed by atoms with Crippen LogP contribution >= 0.6 is 11.6 Å². The highest BCUT2D eigenvalue weighted by molar-refractivity contribution is 6.30. The minimum atomic E-state index is -0.523. The van der Waals surface area contributed by atoms with Crippen LogP contribution in [0.4, 0.5) is 4.39 Å². The van der Waals surface area contributed by atoms with Crippen LogP contribution in [0.1, 0.15) is 5.82 Å². The Morgan fingerprint density at radius 2 is 2.12 bits per heavy atom. The zero-order valence-corrected chi connectivity index (χ0v) is 9.20. The smallest absolute Gasteiger partial charge is 0.222 e. The maximum Gasteiger partial charge on any atom is 0.222 e. The number of nitrogens with zero attached hydrogens (tertiary/aromatic N) is 2. The Hall–Kier alpha value is -1.68. The Labute approximate surface area is 96.9 Å². The maximum absolute atomic E-state index is 13.1. The van der Waals surface area contributed by atoms with Gasteiger partial charge in [-0.15, -0.1) is 0 Å². The molecular weight excluding hydrogens is 231 g/mol. The van der Waals surface area contributed by atoms with Crippen molar-refractivity contribution < 1.29 is 9.13 Å². The normalized spacial score (nSPS) is 10.2. The molecule has 1 aromatic carbocycles. The molecule has 1 aromatic heterocycles. The third kappa shape index (κ3) is 2.46. The van der Waals surface area contributed by atoms with Crippen molar-refractivity contribution in [2.24, 2.45) is 0 Å². The number of aryl methyl sites for hydroxylation is 1. The van der Waals surface area contributed by atoms with E-state index in [0.717, 1.165) is 0 Å². The fourth-order valence-electron chi connectivity index (χ4n) is 1.15. The predicted molar refractivity (Wildman–Crippen MR) is 58.3 cm³/mol. The fraction of sp³-hybridized carbons (Fsp3) is 0.0909. The summed E-state index contributed by atoms with van der Waals surface area (Å²) >= 11 is 5.55. The van der Waals surface area contributed by atoms with Crippen LogP contribution in [0.5, 0.6) is 11.6 Å². The molecule has 0 aliphatic rings. The van der Waals surface area contributed by atoms with Crippen molar-refractivity contribution >= 4 is 11.6 Å². The summed E-state index contributed by atoms with van der Waals surface area (Å²) in [5.41, 5.74) is 0. The molecule has 0 unspecified atom stereocenters. The van der Waals surface area contributed by atoms with E-state index in [0.29, 0.717) is 17.5 Å². The van der Waals surface area contributed by atoms with Crippen molar-refractivity contribution in [1.29, 1.82) is 0 Å². The highest BCUT2D eigenvalue weighted by Crippen LogP contribution is 2.23. The van der Waals surface area contributed by atoms with Gasteiger partial charge >= 0.3 is 0 Å². The summed E-state index contributed by atoms with van der Waals surface area (Å²) in [5, 5.41) is 0.0613. The van der Waals surface area contributed by atoms with E-state index in [2.05, 4.69) is 9.97 Å². The molecule has 82 valence electrons. The molecule has 1 heterocycles. The van der Waals surface area contributed by atoms with Gasteiger partial charge in [-0.05, 0) is 19.1 Å². The highest BCUT2D eigenvalue weighted by Gasteiger charge is 2.03. The van der Waals surface area contributed by atoms with Gasteiger partial charge in [-0.2, -0.15) is 4.98 Å².